The number of rotatable bonds is 4. The molecule has 0 saturated carbocycles. The second-order valence-corrected chi connectivity index (χ2v) is 7.69. The fraction of sp³-hybridized carbons (Fsp3) is 1.00. The molecule has 0 radical (unpaired) electrons. The minimum Gasteiger partial charge on any atom is -0.418 e. The van der Waals surface area contributed by atoms with E-state index in [0.717, 1.165) is 0 Å². The first-order valence-corrected chi connectivity index (χ1v) is 6.65. The Kier molecular flexibility index (Phi) is 4.31. The van der Waals surface area contributed by atoms with E-state index in [1.807, 2.05) is 21.1 Å². The van der Waals surface area contributed by atoms with Crippen molar-refractivity contribution in [2.24, 2.45) is 0 Å². The van der Waals surface area contributed by atoms with E-state index < -0.39 is 13.1 Å². The summed E-state index contributed by atoms with van der Waals surface area (Å²) in [5, 5.41) is 9.20. The lowest BCUT2D eigenvalue weighted by molar-refractivity contribution is -0.871. The highest BCUT2D eigenvalue weighted by molar-refractivity contribution is 8.19. The zero-order valence-corrected chi connectivity index (χ0v) is 9.16. The molecule has 0 aromatic heterocycles. The van der Waals surface area contributed by atoms with Crippen LogP contribution >= 0.6 is 15.6 Å². The minimum atomic E-state index is -4.10. The van der Waals surface area contributed by atoms with E-state index in [0.29, 0.717) is 11.0 Å². The van der Waals surface area contributed by atoms with Crippen molar-refractivity contribution >= 4 is 15.6 Å². The molecule has 74 valence electrons. The predicted molar refractivity (Wildman–Crippen MR) is 47.9 cm³/mol. The van der Waals surface area contributed by atoms with Gasteiger partial charge in [-0.15, -0.1) is 0 Å². The molecule has 0 heterocycles. The Morgan fingerprint density at radius 2 is 1.83 bits per heavy atom. The van der Waals surface area contributed by atoms with Crippen LogP contribution in [0.25, 0.3) is 0 Å². The van der Waals surface area contributed by atoms with Gasteiger partial charge in [0.2, 0.25) is 0 Å². The molecule has 1 atom stereocenters. The lowest BCUT2D eigenvalue weighted by Crippen LogP contribution is -2.39. The van der Waals surface area contributed by atoms with Crippen molar-refractivity contribution in [3.05, 3.63) is 0 Å². The first-order valence-electron chi connectivity index (χ1n) is 3.37. The van der Waals surface area contributed by atoms with Gasteiger partial charge in [-0.05, 0) is 5.85 Å². The van der Waals surface area contributed by atoms with Crippen LogP contribution in [-0.2, 0) is 4.57 Å². The molecule has 0 spiro atoms. The molecule has 7 heteroatoms. The Morgan fingerprint density at radius 3 is 2.08 bits per heavy atom. The number of likely N-dealkylation sites (N-methyl/N-ethyl adjacent to an activating group) is 1. The molecule has 0 rings (SSSR count). The second-order valence-electron chi connectivity index (χ2n) is 3.58. The minimum absolute atomic E-state index is 0.207. The molecule has 5 nitrogen and oxygen atoms in total. The van der Waals surface area contributed by atoms with E-state index in [4.69, 9.17) is 9.79 Å². The summed E-state index contributed by atoms with van der Waals surface area (Å²) in [5.74, 6) is -0.967. The molecular weight excluding hydrogens is 200 g/mol. The predicted octanol–water partition coefficient (Wildman–Crippen LogP) is 0.0499. The molecule has 3 N–H and O–H groups in total. The van der Waals surface area contributed by atoms with E-state index in [-0.39, 0.29) is 8.27 Å². The van der Waals surface area contributed by atoms with Crippen molar-refractivity contribution in [1.29, 1.82) is 0 Å². The van der Waals surface area contributed by atoms with Gasteiger partial charge in [0.05, 0.1) is 27.7 Å². The van der Waals surface area contributed by atoms with Crippen molar-refractivity contribution in [2.75, 3.05) is 27.7 Å². The molecule has 0 aliphatic carbocycles. The molecule has 0 aromatic rings. The summed E-state index contributed by atoms with van der Waals surface area (Å²) in [6, 6.07) is 0. The summed E-state index contributed by atoms with van der Waals surface area (Å²) in [6.45, 7) is 0.326. The fourth-order valence-electron chi connectivity index (χ4n) is 0.700. The monoisotopic (exact) mass is 215 g/mol. The number of quaternary nitrogens is 1. The van der Waals surface area contributed by atoms with Crippen LogP contribution in [0, 0.1) is 0 Å². The third kappa shape index (κ3) is 8.60. The standard InChI is InChI=1S/C5H15NO4P2/c1-6(2,3)4-5(7)11-12(8,9)10/h5,7H,4H2,1-3H3,(H2,8,9,10). The maximum Gasteiger partial charge on any atom is 0.177 e. The zero-order chi connectivity index (χ0) is 9.99. The van der Waals surface area contributed by atoms with E-state index in [9.17, 15) is 9.67 Å². The van der Waals surface area contributed by atoms with Crippen LogP contribution in [-0.4, -0.2) is 52.9 Å². The third-order valence-electron chi connectivity index (χ3n) is 0.995. The van der Waals surface area contributed by atoms with Crippen molar-refractivity contribution in [3.63, 3.8) is 0 Å². The van der Waals surface area contributed by atoms with Gasteiger partial charge < -0.3 is 27.6 Å². The van der Waals surface area contributed by atoms with Gasteiger partial charge in [0.15, 0.2) is 7.28 Å². The van der Waals surface area contributed by atoms with Crippen LogP contribution in [0.4, 0.5) is 0 Å². The maximum atomic E-state index is 10.4. The van der Waals surface area contributed by atoms with Crippen LogP contribution in [0.1, 0.15) is 0 Å². The van der Waals surface area contributed by atoms with Crippen LogP contribution in [0.2, 0.25) is 0 Å². The van der Waals surface area contributed by atoms with Gasteiger partial charge >= 0.3 is 0 Å². The molecule has 0 amide bonds. The van der Waals surface area contributed by atoms with Crippen molar-refractivity contribution in [3.8, 4) is 0 Å². The number of aliphatic hydroxyl groups excluding tert-OH is 1. The van der Waals surface area contributed by atoms with Crippen LogP contribution in [0.3, 0.4) is 0 Å². The van der Waals surface area contributed by atoms with Gasteiger partial charge in [-0.2, -0.15) is 0 Å². The quantitative estimate of drug-likeness (QED) is 0.457. The first-order chi connectivity index (χ1) is 5.10. The summed E-state index contributed by atoms with van der Waals surface area (Å²) in [7, 11) is 1.23. The molecular formula is C5H15NO4P2. The Bertz CT molecular complexity index is 184. The number of nitrogens with zero attached hydrogens (tertiary/aromatic N) is 1. The maximum absolute atomic E-state index is 10.4. The van der Waals surface area contributed by atoms with E-state index in [1.54, 1.807) is 0 Å². The van der Waals surface area contributed by atoms with Crippen molar-refractivity contribution in [1.82, 2.24) is 0 Å². The normalized spacial score (nSPS) is 17.2. The Hall–Kier alpha value is 0.500. The molecule has 0 aromatic carbocycles. The summed E-state index contributed by atoms with van der Waals surface area (Å²) in [5.41, 5.74) is 0. The largest absolute Gasteiger partial charge is 0.418 e. The van der Waals surface area contributed by atoms with E-state index in [2.05, 4.69) is 0 Å². The van der Waals surface area contributed by atoms with Gasteiger partial charge in [0.1, 0.15) is 0 Å². The third-order valence-corrected chi connectivity index (χ3v) is 3.43. The zero-order valence-electron chi connectivity index (χ0n) is 7.38. The SMILES string of the molecule is C[N+](C)(C)CC(O)[P-]P(=O)(O)O. The highest BCUT2D eigenvalue weighted by atomic mass is 32.1. The Morgan fingerprint density at radius 1 is 1.42 bits per heavy atom. The molecule has 0 fully saturated rings. The molecule has 0 aliphatic rings. The topological polar surface area (TPSA) is 77.8 Å². The number of aliphatic hydroxyl groups is 1. The molecule has 0 aliphatic heterocycles. The number of hydrogen-bond acceptors (Lipinski definition) is 2. The second kappa shape index (κ2) is 4.14. The molecule has 12 heavy (non-hydrogen) atoms. The van der Waals surface area contributed by atoms with Crippen LogP contribution in [0.15, 0.2) is 0 Å². The summed E-state index contributed by atoms with van der Waals surface area (Å²) >= 11 is 0. The smallest absolute Gasteiger partial charge is 0.177 e. The van der Waals surface area contributed by atoms with Gasteiger partial charge in [-0.1, -0.05) is 0 Å². The molecule has 0 bridgehead atoms. The van der Waals surface area contributed by atoms with E-state index in [1.165, 1.54) is 0 Å². The lowest BCUT2D eigenvalue weighted by atomic mass is 10.5. The Balaban J connectivity index is 3.91. The average Bonchev–Trinajstić information content (AvgIpc) is 1.49. The van der Waals surface area contributed by atoms with Gasteiger partial charge in [0.25, 0.3) is 0 Å². The van der Waals surface area contributed by atoms with Crippen LogP contribution < -0.4 is 0 Å². The highest BCUT2D eigenvalue weighted by Crippen LogP contribution is 2.58. The first kappa shape index (κ1) is 12.5. The summed E-state index contributed by atoms with van der Waals surface area (Å²) in [6.07, 6.45) is 0. The number of hydrogen-bond donors (Lipinski definition) is 3. The molecule has 1 unspecified atom stereocenters. The molecule has 0 saturated heterocycles. The van der Waals surface area contributed by atoms with E-state index >= 15 is 0 Å². The highest BCUT2D eigenvalue weighted by Gasteiger charge is 2.12. The van der Waals surface area contributed by atoms with Crippen molar-refractivity contribution in [2.45, 2.75) is 5.85 Å². The van der Waals surface area contributed by atoms with Crippen molar-refractivity contribution < 1.29 is 23.9 Å². The fourth-order valence-corrected chi connectivity index (χ4v) is 2.87. The lowest BCUT2D eigenvalue weighted by Gasteiger charge is -2.33. The Labute approximate surface area is 73.8 Å². The van der Waals surface area contributed by atoms with Crippen LogP contribution in [0.5, 0.6) is 0 Å². The summed E-state index contributed by atoms with van der Waals surface area (Å²) in [4.78, 5) is 17.0. The van der Waals surface area contributed by atoms with Gasteiger partial charge in [0, 0.05) is 0 Å². The summed E-state index contributed by atoms with van der Waals surface area (Å²) < 4.78 is 10.9. The van der Waals surface area contributed by atoms with Gasteiger partial charge in [-0.25, -0.2) is 0 Å². The van der Waals surface area contributed by atoms with Gasteiger partial charge in [-0.3, -0.25) is 4.57 Å². The average molecular weight is 215 g/mol.